The Kier molecular flexibility index (Phi) is 5.26. The van der Waals surface area contributed by atoms with E-state index in [9.17, 15) is 9.59 Å². The summed E-state index contributed by atoms with van der Waals surface area (Å²) in [7, 11) is 0. The third-order valence-electron chi connectivity index (χ3n) is 4.36. The number of nitrogens with zero attached hydrogens (tertiary/aromatic N) is 4. The minimum absolute atomic E-state index is 0.133. The molecule has 4 aromatic rings. The molecule has 0 aliphatic carbocycles. The zero-order valence-corrected chi connectivity index (χ0v) is 16.3. The van der Waals surface area contributed by atoms with Crippen molar-refractivity contribution in [2.45, 2.75) is 13.0 Å². The fourth-order valence-electron chi connectivity index (χ4n) is 2.79. The van der Waals surface area contributed by atoms with E-state index in [4.69, 9.17) is 0 Å². The average molecular weight is 403 g/mol. The first-order valence-corrected chi connectivity index (χ1v) is 9.76. The molecule has 1 unspecified atom stereocenters. The van der Waals surface area contributed by atoms with Gasteiger partial charge in [0, 0.05) is 11.1 Å². The fraction of sp³-hybridized carbons (Fsp3) is 0.0952. The van der Waals surface area contributed by atoms with Crippen LogP contribution in [0.4, 0.5) is 5.13 Å². The molecule has 0 fully saturated rings. The van der Waals surface area contributed by atoms with Gasteiger partial charge >= 0.3 is 0 Å². The van der Waals surface area contributed by atoms with Gasteiger partial charge in [0.05, 0.1) is 5.69 Å². The van der Waals surface area contributed by atoms with E-state index < -0.39 is 6.04 Å². The first-order chi connectivity index (χ1) is 14.1. The van der Waals surface area contributed by atoms with Crippen LogP contribution in [-0.4, -0.2) is 31.4 Å². The molecule has 0 aliphatic rings. The largest absolute Gasteiger partial charge is 0.300 e. The van der Waals surface area contributed by atoms with Crippen molar-refractivity contribution in [3.8, 4) is 11.3 Å². The van der Waals surface area contributed by atoms with Crippen molar-refractivity contribution in [1.29, 1.82) is 0 Å². The molecule has 144 valence electrons. The Hall–Kier alpha value is -3.65. The lowest BCUT2D eigenvalue weighted by atomic mass is 10.1. The lowest BCUT2D eigenvalue weighted by Crippen LogP contribution is -2.23. The highest BCUT2D eigenvalue weighted by atomic mass is 32.1. The van der Waals surface area contributed by atoms with Gasteiger partial charge in [-0.05, 0) is 6.92 Å². The summed E-state index contributed by atoms with van der Waals surface area (Å²) in [5, 5.41) is 7.15. The van der Waals surface area contributed by atoms with Crippen LogP contribution in [-0.2, 0) is 4.79 Å². The molecule has 29 heavy (non-hydrogen) atoms. The van der Waals surface area contributed by atoms with E-state index in [1.165, 1.54) is 17.3 Å². The van der Waals surface area contributed by atoms with Gasteiger partial charge in [-0.25, -0.2) is 14.6 Å². The summed E-state index contributed by atoms with van der Waals surface area (Å²) < 4.78 is 1.46. The second-order valence-electron chi connectivity index (χ2n) is 6.30. The molecule has 0 bridgehead atoms. The lowest BCUT2D eigenvalue weighted by Gasteiger charge is -2.09. The number of benzene rings is 2. The highest BCUT2D eigenvalue weighted by Crippen LogP contribution is 2.33. The maximum Gasteiger partial charge on any atom is 0.250 e. The Morgan fingerprint density at radius 1 is 1.03 bits per heavy atom. The van der Waals surface area contributed by atoms with Crippen LogP contribution >= 0.6 is 11.3 Å². The van der Waals surface area contributed by atoms with Gasteiger partial charge in [-0.1, -0.05) is 72.0 Å². The molecule has 0 spiro atoms. The molecule has 1 amide bonds. The standard InChI is InChI=1S/C21H17N5O2S/c1-14(26-13-22-12-23-26)20(28)25-21-24-17(15-8-4-2-5-9-15)19(29-21)18(27)16-10-6-3-7-11-16/h2-14H,1H3,(H,24,25,28). The number of hydrogen-bond acceptors (Lipinski definition) is 6. The van der Waals surface area contributed by atoms with E-state index in [2.05, 4.69) is 20.4 Å². The highest BCUT2D eigenvalue weighted by Gasteiger charge is 2.23. The monoisotopic (exact) mass is 403 g/mol. The molecule has 0 saturated heterocycles. The van der Waals surface area contributed by atoms with Gasteiger partial charge in [0.2, 0.25) is 5.78 Å². The van der Waals surface area contributed by atoms with E-state index in [-0.39, 0.29) is 11.7 Å². The zero-order chi connectivity index (χ0) is 20.2. The fourth-order valence-corrected chi connectivity index (χ4v) is 3.74. The molecule has 0 saturated carbocycles. The number of anilines is 1. The zero-order valence-electron chi connectivity index (χ0n) is 15.5. The Morgan fingerprint density at radius 2 is 1.72 bits per heavy atom. The third-order valence-corrected chi connectivity index (χ3v) is 5.33. The highest BCUT2D eigenvalue weighted by molar-refractivity contribution is 7.18. The number of ketones is 1. The second kappa shape index (κ2) is 8.15. The second-order valence-corrected chi connectivity index (χ2v) is 7.30. The van der Waals surface area contributed by atoms with E-state index in [1.54, 1.807) is 19.1 Å². The van der Waals surface area contributed by atoms with Crippen molar-refractivity contribution in [2.24, 2.45) is 0 Å². The molecular formula is C21H17N5O2S. The summed E-state index contributed by atoms with van der Waals surface area (Å²) in [4.78, 5) is 34.6. The number of hydrogen-bond donors (Lipinski definition) is 1. The van der Waals surface area contributed by atoms with Gasteiger partial charge in [-0.15, -0.1) is 0 Å². The Morgan fingerprint density at radius 3 is 2.38 bits per heavy atom. The minimum atomic E-state index is -0.560. The first-order valence-electron chi connectivity index (χ1n) is 8.94. The van der Waals surface area contributed by atoms with Crippen LogP contribution in [0.1, 0.15) is 28.2 Å². The van der Waals surface area contributed by atoms with E-state index >= 15 is 0 Å². The van der Waals surface area contributed by atoms with Crippen molar-refractivity contribution < 1.29 is 9.59 Å². The van der Waals surface area contributed by atoms with Gasteiger partial charge in [0.25, 0.3) is 5.91 Å². The third kappa shape index (κ3) is 3.97. The molecule has 8 heteroatoms. The maximum absolute atomic E-state index is 13.1. The van der Waals surface area contributed by atoms with Crippen LogP contribution < -0.4 is 5.32 Å². The van der Waals surface area contributed by atoms with Crippen LogP contribution in [0, 0.1) is 0 Å². The molecule has 1 N–H and O–H groups in total. The lowest BCUT2D eigenvalue weighted by molar-refractivity contribution is -0.119. The normalized spacial score (nSPS) is 11.8. The Balaban J connectivity index is 1.68. The summed E-state index contributed by atoms with van der Waals surface area (Å²) in [5.41, 5.74) is 1.93. The van der Waals surface area contributed by atoms with Gasteiger partial charge in [0.1, 0.15) is 23.6 Å². The SMILES string of the molecule is CC(C(=O)Nc1nc(-c2ccccc2)c(C(=O)c2ccccc2)s1)n1cncn1. The summed E-state index contributed by atoms with van der Waals surface area (Å²) in [6, 6.07) is 17.9. The molecule has 2 aromatic carbocycles. The van der Waals surface area contributed by atoms with Crippen LogP contribution in [0.3, 0.4) is 0 Å². The van der Waals surface area contributed by atoms with Crippen LogP contribution in [0.15, 0.2) is 73.3 Å². The Bertz CT molecular complexity index is 1120. The maximum atomic E-state index is 13.1. The Labute approximate surface area is 171 Å². The first kappa shape index (κ1) is 18.7. The van der Waals surface area contributed by atoms with Gasteiger partial charge in [-0.2, -0.15) is 5.10 Å². The molecule has 0 aliphatic heterocycles. The number of rotatable bonds is 6. The number of nitrogens with one attached hydrogen (secondary N) is 1. The van der Waals surface area contributed by atoms with Crippen molar-refractivity contribution in [3.63, 3.8) is 0 Å². The molecule has 0 radical (unpaired) electrons. The molecule has 1 atom stereocenters. The topological polar surface area (TPSA) is 89.8 Å². The minimum Gasteiger partial charge on any atom is -0.300 e. The number of aromatic nitrogens is 4. The van der Waals surface area contributed by atoms with Crippen molar-refractivity contribution in [1.82, 2.24) is 19.7 Å². The van der Waals surface area contributed by atoms with E-state index in [1.807, 2.05) is 48.5 Å². The summed E-state index contributed by atoms with van der Waals surface area (Å²) in [6.07, 6.45) is 2.85. The molecule has 7 nitrogen and oxygen atoms in total. The molecule has 4 rings (SSSR count). The van der Waals surface area contributed by atoms with Crippen LogP contribution in [0.25, 0.3) is 11.3 Å². The summed E-state index contributed by atoms with van der Waals surface area (Å²) >= 11 is 1.16. The average Bonchev–Trinajstić information content (AvgIpc) is 3.44. The van der Waals surface area contributed by atoms with Crippen molar-refractivity contribution in [2.75, 3.05) is 5.32 Å². The molecule has 2 aromatic heterocycles. The van der Waals surface area contributed by atoms with E-state index in [0.29, 0.717) is 21.3 Å². The van der Waals surface area contributed by atoms with Crippen molar-refractivity contribution >= 4 is 28.2 Å². The van der Waals surface area contributed by atoms with Gasteiger partial charge < -0.3 is 5.32 Å². The van der Waals surface area contributed by atoms with Gasteiger partial charge in [-0.3, -0.25) is 9.59 Å². The smallest absolute Gasteiger partial charge is 0.250 e. The van der Waals surface area contributed by atoms with E-state index in [0.717, 1.165) is 16.9 Å². The number of thiazole rings is 1. The number of amides is 1. The summed E-state index contributed by atoms with van der Waals surface area (Å²) in [5.74, 6) is -0.422. The van der Waals surface area contributed by atoms with Crippen molar-refractivity contribution in [3.05, 3.63) is 83.8 Å². The number of carbonyl (C=O) groups is 2. The van der Waals surface area contributed by atoms with Crippen LogP contribution in [0.2, 0.25) is 0 Å². The molecule has 2 heterocycles. The number of carbonyl (C=O) groups excluding carboxylic acids is 2. The predicted molar refractivity (Wildman–Crippen MR) is 111 cm³/mol. The summed E-state index contributed by atoms with van der Waals surface area (Å²) in [6.45, 7) is 1.71. The van der Waals surface area contributed by atoms with Gasteiger partial charge in [0.15, 0.2) is 5.13 Å². The predicted octanol–water partition coefficient (Wildman–Crippen LogP) is 3.83. The quantitative estimate of drug-likeness (QED) is 0.494. The van der Waals surface area contributed by atoms with Crippen LogP contribution in [0.5, 0.6) is 0 Å². The molecular weight excluding hydrogens is 386 g/mol.